The first-order valence-electron chi connectivity index (χ1n) is 4.92. The van der Waals surface area contributed by atoms with Crippen LogP contribution in [0.1, 0.15) is 28.4 Å². The van der Waals surface area contributed by atoms with Gasteiger partial charge in [0.05, 0.1) is 17.5 Å². The molecule has 2 aromatic heterocycles. The lowest BCUT2D eigenvalue weighted by atomic mass is 10.2. The van der Waals surface area contributed by atoms with E-state index in [-0.39, 0.29) is 0 Å². The molecule has 0 aliphatic heterocycles. The Hall–Kier alpha value is -1.13. The summed E-state index contributed by atoms with van der Waals surface area (Å²) >= 11 is 1.74. The summed E-state index contributed by atoms with van der Waals surface area (Å²) in [5.41, 5.74) is 1.17. The second-order valence-electron chi connectivity index (χ2n) is 3.52. The Morgan fingerprint density at radius 1 is 1.60 bits per heavy atom. The van der Waals surface area contributed by atoms with E-state index in [1.54, 1.807) is 23.9 Å². The number of aryl methyl sites for hydroxylation is 1. The zero-order valence-electron chi connectivity index (χ0n) is 8.86. The fourth-order valence-corrected chi connectivity index (χ4v) is 2.15. The summed E-state index contributed by atoms with van der Waals surface area (Å²) in [5, 5.41) is 4.54. The first-order chi connectivity index (χ1) is 7.25. The maximum Gasteiger partial charge on any atom is 0.0947 e. The Morgan fingerprint density at radius 2 is 2.47 bits per heavy atom. The summed E-state index contributed by atoms with van der Waals surface area (Å²) < 4.78 is 5.01. The average Bonchev–Trinajstić information content (AvgIpc) is 2.84. The lowest BCUT2D eigenvalue weighted by Crippen LogP contribution is -2.16. The minimum absolute atomic E-state index is 0.339. The van der Waals surface area contributed by atoms with Crippen LogP contribution >= 0.6 is 11.3 Å². The molecule has 0 radical (unpaired) electrons. The van der Waals surface area contributed by atoms with Crippen molar-refractivity contribution >= 4 is 11.3 Å². The molecule has 0 spiro atoms. The second kappa shape index (κ2) is 4.59. The highest BCUT2D eigenvalue weighted by atomic mass is 32.1. The minimum atomic E-state index is 0.339. The fraction of sp³-hybridized carbons (Fsp3) is 0.364. The third-order valence-corrected chi connectivity index (χ3v) is 3.35. The first-order valence-corrected chi connectivity index (χ1v) is 5.74. The Morgan fingerprint density at radius 3 is 3.07 bits per heavy atom. The van der Waals surface area contributed by atoms with E-state index in [1.165, 1.54) is 10.4 Å². The maximum atomic E-state index is 5.01. The standard InChI is InChI=1S/C11H14N2OS/c1-8(11-6-13-9(2)15-11)12-5-10-3-4-14-7-10/h3-4,6-8,12H,5H2,1-2H3. The minimum Gasteiger partial charge on any atom is -0.472 e. The molecule has 1 atom stereocenters. The van der Waals surface area contributed by atoms with E-state index in [0.29, 0.717) is 6.04 Å². The van der Waals surface area contributed by atoms with Gasteiger partial charge in [-0.3, -0.25) is 0 Å². The molecule has 0 aliphatic rings. The van der Waals surface area contributed by atoms with E-state index >= 15 is 0 Å². The molecular weight excluding hydrogens is 208 g/mol. The van der Waals surface area contributed by atoms with Gasteiger partial charge < -0.3 is 9.73 Å². The number of rotatable bonds is 4. The molecule has 15 heavy (non-hydrogen) atoms. The molecule has 1 unspecified atom stereocenters. The van der Waals surface area contributed by atoms with Crippen molar-refractivity contribution < 1.29 is 4.42 Å². The smallest absolute Gasteiger partial charge is 0.0947 e. The normalized spacial score (nSPS) is 12.9. The van der Waals surface area contributed by atoms with Gasteiger partial charge >= 0.3 is 0 Å². The van der Waals surface area contributed by atoms with Gasteiger partial charge in [0.2, 0.25) is 0 Å². The van der Waals surface area contributed by atoms with Crippen molar-refractivity contribution in [3.63, 3.8) is 0 Å². The Kier molecular flexibility index (Phi) is 3.18. The van der Waals surface area contributed by atoms with Gasteiger partial charge in [-0.1, -0.05) is 0 Å². The van der Waals surface area contributed by atoms with Gasteiger partial charge in [-0.2, -0.15) is 0 Å². The van der Waals surface area contributed by atoms with Crippen molar-refractivity contribution in [2.24, 2.45) is 0 Å². The van der Waals surface area contributed by atoms with E-state index < -0.39 is 0 Å². The predicted octanol–water partition coefficient (Wildman–Crippen LogP) is 2.90. The van der Waals surface area contributed by atoms with Crippen molar-refractivity contribution in [2.75, 3.05) is 0 Å². The molecule has 3 nitrogen and oxygen atoms in total. The van der Waals surface area contributed by atoms with Gasteiger partial charge in [0.1, 0.15) is 0 Å². The number of aromatic nitrogens is 1. The van der Waals surface area contributed by atoms with Crippen LogP contribution in [-0.2, 0) is 6.54 Å². The molecule has 2 heterocycles. The predicted molar refractivity (Wildman–Crippen MR) is 60.8 cm³/mol. The molecule has 0 fully saturated rings. The molecule has 0 saturated carbocycles. The van der Waals surface area contributed by atoms with Crippen LogP contribution < -0.4 is 5.32 Å². The lowest BCUT2D eigenvalue weighted by Gasteiger charge is -2.09. The molecular formula is C11H14N2OS. The van der Waals surface area contributed by atoms with Crippen molar-refractivity contribution in [3.8, 4) is 0 Å². The molecule has 0 amide bonds. The zero-order chi connectivity index (χ0) is 10.7. The van der Waals surface area contributed by atoms with E-state index in [1.807, 2.05) is 19.2 Å². The van der Waals surface area contributed by atoms with Gasteiger partial charge in [-0.15, -0.1) is 11.3 Å². The third-order valence-electron chi connectivity index (χ3n) is 2.26. The molecule has 0 aromatic carbocycles. The monoisotopic (exact) mass is 222 g/mol. The van der Waals surface area contributed by atoms with Crippen molar-refractivity contribution in [1.82, 2.24) is 10.3 Å². The largest absolute Gasteiger partial charge is 0.472 e. The fourth-order valence-electron chi connectivity index (χ4n) is 1.34. The van der Waals surface area contributed by atoms with E-state index in [0.717, 1.165) is 11.6 Å². The van der Waals surface area contributed by atoms with Crippen LogP contribution in [0.15, 0.2) is 29.2 Å². The summed E-state index contributed by atoms with van der Waals surface area (Å²) in [7, 11) is 0. The second-order valence-corrected chi connectivity index (χ2v) is 4.78. The first kappa shape index (κ1) is 10.4. The van der Waals surface area contributed by atoms with Gasteiger partial charge in [0.25, 0.3) is 0 Å². The third kappa shape index (κ3) is 2.67. The van der Waals surface area contributed by atoms with Crippen molar-refractivity contribution in [3.05, 3.63) is 40.2 Å². The van der Waals surface area contributed by atoms with Crippen LogP contribution in [0.3, 0.4) is 0 Å². The van der Waals surface area contributed by atoms with E-state index in [2.05, 4.69) is 17.2 Å². The van der Waals surface area contributed by atoms with Crippen LogP contribution in [0.4, 0.5) is 0 Å². The van der Waals surface area contributed by atoms with Crippen LogP contribution in [0.5, 0.6) is 0 Å². The quantitative estimate of drug-likeness (QED) is 0.864. The van der Waals surface area contributed by atoms with Crippen LogP contribution in [-0.4, -0.2) is 4.98 Å². The van der Waals surface area contributed by atoms with Crippen LogP contribution in [0.25, 0.3) is 0 Å². The molecule has 1 N–H and O–H groups in total. The lowest BCUT2D eigenvalue weighted by molar-refractivity contribution is 0.549. The molecule has 2 rings (SSSR count). The van der Waals surface area contributed by atoms with Crippen LogP contribution in [0.2, 0.25) is 0 Å². The number of hydrogen-bond acceptors (Lipinski definition) is 4. The molecule has 80 valence electrons. The summed E-state index contributed by atoms with van der Waals surface area (Å²) in [6.07, 6.45) is 5.39. The van der Waals surface area contributed by atoms with Crippen molar-refractivity contribution in [2.45, 2.75) is 26.4 Å². The molecule has 2 aromatic rings. The summed E-state index contributed by atoms with van der Waals surface area (Å²) in [6, 6.07) is 2.31. The molecule has 4 heteroatoms. The maximum absolute atomic E-state index is 5.01. The number of nitrogens with zero attached hydrogens (tertiary/aromatic N) is 1. The van der Waals surface area contributed by atoms with Gasteiger partial charge in [0, 0.05) is 29.2 Å². The number of hydrogen-bond donors (Lipinski definition) is 1. The average molecular weight is 222 g/mol. The van der Waals surface area contributed by atoms with Gasteiger partial charge in [-0.25, -0.2) is 4.98 Å². The Balaban J connectivity index is 1.90. The topological polar surface area (TPSA) is 38.1 Å². The highest BCUT2D eigenvalue weighted by Crippen LogP contribution is 2.20. The number of thiazole rings is 1. The van der Waals surface area contributed by atoms with Crippen LogP contribution in [0, 0.1) is 6.92 Å². The van der Waals surface area contributed by atoms with Crippen molar-refractivity contribution in [1.29, 1.82) is 0 Å². The SMILES string of the molecule is Cc1ncc(C(C)NCc2ccoc2)s1. The highest BCUT2D eigenvalue weighted by molar-refractivity contribution is 7.11. The van der Waals surface area contributed by atoms with Gasteiger partial charge in [-0.05, 0) is 19.9 Å². The summed E-state index contributed by atoms with van der Waals surface area (Å²) in [6.45, 7) is 5.00. The molecule has 0 saturated heterocycles. The number of nitrogens with one attached hydrogen (secondary N) is 1. The highest BCUT2D eigenvalue weighted by Gasteiger charge is 2.07. The Bertz CT molecular complexity index is 408. The summed E-state index contributed by atoms with van der Waals surface area (Å²) in [5.74, 6) is 0. The van der Waals surface area contributed by atoms with E-state index in [9.17, 15) is 0 Å². The molecule has 0 bridgehead atoms. The van der Waals surface area contributed by atoms with Gasteiger partial charge in [0.15, 0.2) is 0 Å². The molecule has 0 aliphatic carbocycles. The van der Waals surface area contributed by atoms with E-state index in [4.69, 9.17) is 4.42 Å². The Labute approximate surface area is 93.2 Å². The zero-order valence-corrected chi connectivity index (χ0v) is 9.67. The number of furan rings is 1. The summed E-state index contributed by atoms with van der Waals surface area (Å²) in [4.78, 5) is 5.52.